The maximum absolute atomic E-state index is 12.1. The lowest BCUT2D eigenvalue weighted by atomic mass is 10.2. The van der Waals surface area contributed by atoms with Crippen molar-refractivity contribution in [3.8, 4) is 0 Å². The monoisotopic (exact) mass is 318 g/mol. The highest BCUT2D eigenvalue weighted by atomic mass is 32.2. The molecule has 0 radical (unpaired) electrons. The van der Waals surface area contributed by atoms with Crippen molar-refractivity contribution in [3.05, 3.63) is 0 Å². The third-order valence-corrected chi connectivity index (χ3v) is 4.29. The number of carbonyl (C=O) groups is 3. The van der Waals surface area contributed by atoms with E-state index in [0.717, 1.165) is 0 Å². The minimum absolute atomic E-state index is 0.0507. The molecule has 8 heteroatoms. The van der Waals surface area contributed by atoms with Crippen molar-refractivity contribution in [1.29, 1.82) is 0 Å². The van der Waals surface area contributed by atoms with Crippen LogP contribution in [0.3, 0.4) is 0 Å². The number of nitrogens with zero attached hydrogens (tertiary/aromatic N) is 1. The molecule has 0 bridgehead atoms. The second kappa shape index (κ2) is 8.89. The van der Waals surface area contributed by atoms with Gasteiger partial charge in [-0.15, -0.1) is 11.8 Å². The maximum atomic E-state index is 12.1. The Balaban J connectivity index is 2.33. The van der Waals surface area contributed by atoms with Crippen LogP contribution >= 0.6 is 11.8 Å². The molecule has 1 aliphatic rings. The second-order valence-electron chi connectivity index (χ2n) is 4.83. The number of carboxylic acids is 1. The molecule has 0 spiro atoms. The number of hydrogen-bond donors (Lipinski definition) is 2. The van der Waals surface area contributed by atoms with Gasteiger partial charge >= 0.3 is 5.97 Å². The largest absolute Gasteiger partial charge is 0.480 e. The number of morpholine rings is 1. The van der Waals surface area contributed by atoms with Crippen molar-refractivity contribution in [2.24, 2.45) is 0 Å². The quantitative estimate of drug-likeness (QED) is 0.683. The number of hydrogen-bond acceptors (Lipinski definition) is 5. The summed E-state index contributed by atoms with van der Waals surface area (Å²) in [4.78, 5) is 35.8. The molecular weight excluding hydrogens is 296 g/mol. The Morgan fingerprint density at radius 3 is 2.48 bits per heavy atom. The van der Waals surface area contributed by atoms with Gasteiger partial charge in [0.25, 0.3) is 0 Å². The van der Waals surface area contributed by atoms with Gasteiger partial charge in [-0.3, -0.25) is 9.59 Å². The lowest BCUT2D eigenvalue weighted by Crippen LogP contribution is -2.44. The molecule has 1 rings (SSSR count). The second-order valence-corrected chi connectivity index (χ2v) is 6.28. The van der Waals surface area contributed by atoms with Gasteiger partial charge in [0.05, 0.1) is 18.5 Å². The molecule has 1 aliphatic heterocycles. The number of amides is 2. The number of rotatable bonds is 7. The van der Waals surface area contributed by atoms with Crippen LogP contribution in [-0.4, -0.2) is 71.1 Å². The Kier molecular flexibility index (Phi) is 7.52. The average Bonchev–Trinajstić information content (AvgIpc) is 2.45. The molecule has 2 unspecified atom stereocenters. The first-order valence-electron chi connectivity index (χ1n) is 6.90. The molecule has 2 atom stereocenters. The fraction of sp³-hybridized carbons (Fsp3) is 0.769. The van der Waals surface area contributed by atoms with Gasteiger partial charge in [-0.05, 0) is 19.1 Å². The number of ether oxygens (including phenoxy) is 1. The lowest BCUT2D eigenvalue weighted by molar-refractivity contribution is -0.141. The lowest BCUT2D eigenvalue weighted by Gasteiger charge is -2.29. The zero-order chi connectivity index (χ0) is 15.8. The highest BCUT2D eigenvalue weighted by Crippen LogP contribution is 2.16. The van der Waals surface area contributed by atoms with Crippen LogP contribution in [0.4, 0.5) is 0 Å². The summed E-state index contributed by atoms with van der Waals surface area (Å²) >= 11 is 1.40. The summed E-state index contributed by atoms with van der Waals surface area (Å²) in [7, 11) is 0. The van der Waals surface area contributed by atoms with Gasteiger partial charge in [0.15, 0.2) is 0 Å². The van der Waals surface area contributed by atoms with Gasteiger partial charge in [0.1, 0.15) is 6.04 Å². The van der Waals surface area contributed by atoms with Gasteiger partial charge in [-0.2, -0.15) is 0 Å². The Labute approximate surface area is 128 Å². The smallest absolute Gasteiger partial charge is 0.326 e. The fourth-order valence-corrected chi connectivity index (χ4v) is 2.99. The standard InChI is InChI=1S/C13H22N2O5S/c1-9(12(17)15-4-6-20-7-5-15)21-8-3-11(13(18)19)14-10(2)16/h9,11H,3-8H2,1-2H3,(H,14,16)(H,18,19). The van der Waals surface area contributed by atoms with E-state index >= 15 is 0 Å². The Morgan fingerprint density at radius 1 is 1.33 bits per heavy atom. The van der Waals surface area contributed by atoms with E-state index in [4.69, 9.17) is 9.84 Å². The third-order valence-electron chi connectivity index (χ3n) is 3.12. The molecule has 7 nitrogen and oxygen atoms in total. The first-order valence-corrected chi connectivity index (χ1v) is 7.94. The van der Waals surface area contributed by atoms with E-state index in [1.807, 2.05) is 6.92 Å². The Morgan fingerprint density at radius 2 is 1.95 bits per heavy atom. The molecular formula is C13H22N2O5S. The van der Waals surface area contributed by atoms with Crippen LogP contribution in [0.5, 0.6) is 0 Å². The molecule has 1 heterocycles. The van der Waals surface area contributed by atoms with Gasteiger partial charge in [0, 0.05) is 20.0 Å². The predicted molar refractivity (Wildman–Crippen MR) is 79.2 cm³/mol. The Bertz CT molecular complexity index is 385. The minimum Gasteiger partial charge on any atom is -0.480 e. The van der Waals surface area contributed by atoms with E-state index in [-0.39, 0.29) is 17.1 Å². The summed E-state index contributed by atoms with van der Waals surface area (Å²) in [6.45, 7) is 5.44. The van der Waals surface area contributed by atoms with Crippen LogP contribution in [0.25, 0.3) is 0 Å². The van der Waals surface area contributed by atoms with Crippen molar-refractivity contribution in [2.75, 3.05) is 32.1 Å². The number of thioether (sulfide) groups is 1. The Hall–Kier alpha value is -1.28. The van der Waals surface area contributed by atoms with E-state index < -0.39 is 12.0 Å². The van der Waals surface area contributed by atoms with E-state index in [2.05, 4.69) is 5.32 Å². The molecule has 0 aromatic carbocycles. The molecule has 0 aliphatic carbocycles. The molecule has 21 heavy (non-hydrogen) atoms. The number of nitrogens with one attached hydrogen (secondary N) is 1. The number of carbonyl (C=O) groups excluding carboxylic acids is 2. The molecule has 2 amide bonds. The highest BCUT2D eigenvalue weighted by Gasteiger charge is 2.24. The van der Waals surface area contributed by atoms with Gasteiger partial charge < -0.3 is 20.1 Å². The summed E-state index contributed by atoms with van der Waals surface area (Å²) in [6.07, 6.45) is 0.292. The normalized spacial score (nSPS) is 17.9. The average molecular weight is 318 g/mol. The predicted octanol–water partition coefficient (Wildman–Crippen LogP) is -0.0537. The van der Waals surface area contributed by atoms with E-state index in [1.165, 1.54) is 18.7 Å². The van der Waals surface area contributed by atoms with Crippen LogP contribution < -0.4 is 5.32 Å². The summed E-state index contributed by atoms with van der Waals surface area (Å²) in [5.41, 5.74) is 0. The maximum Gasteiger partial charge on any atom is 0.326 e. The highest BCUT2D eigenvalue weighted by molar-refractivity contribution is 8.00. The SMILES string of the molecule is CC(=O)NC(CCSC(C)C(=O)N1CCOCC1)C(=O)O. The topological polar surface area (TPSA) is 95.9 Å². The van der Waals surface area contributed by atoms with Crippen LogP contribution in [0.2, 0.25) is 0 Å². The number of aliphatic carboxylic acids is 1. The van der Waals surface area contributed by atoms with E-state index in [9.17, 15) is 14.4 Å². The minimum atomic E-state index is -1.06. The van der Waals surface area contributed by atoms with Gasteiger partial charge in [-0.1, -0.05) is 0 Å². The van der Waals surface area contributed by atoms with Crippen molar-refractivity contribution in [3.63, 3.8) is 0 Å². The molecule has 1 saturated heterocycles. The van der Waals surface area contributed by atoms with Crippen molar-refractivity contribution < 1.29 is 24.2 Å². The van der Waals surface area contributed by atoms with Gasteiger partial charge in [0.2, 0.25) is 11.8 Å². The summed E-state index contributed by atoms with van der Waals surface area (Å²) in [5, 5.41) is 11.1. The zero-order valence-corrected chi connectivity index (χ0v) is 13.1. The molecule has 1 fully saturated rings. The molecule has 120 valence electrons. The van der Waals surface area contributed by atoms with Crippen LogP contribution in [-0.2, 0) is 19.1 Å². The summed E-state index contributed by atoms with van der Waals surface area (Å²) in [5.74, 6) is -0.883. The van der Waals surface area contributed by atoms with Crippen LogP contribution in [0.1, 0.15) is 20.3 Å². The molecule has 0 saturated carbocycles. The van der Waals surface area contributed by atoms with Crippen molar-refractivity contribution >= 4 is 29.5 Å². The van der Waals surface area contributed by atoms with E-state index in [1.54, 1.807) is 4.90 Å². The zero-order valence-electron chi connectivity index (χ0n) is 12.3. The number of carboxylic acid groups (broad SMARTS) is 1. The first-order chi connectivity index (χ1) is 9.91. The van der Waals surface area contributed by atoms with Crippen LogP contribution in [0.15, 0.2) is 0 Å². The van der Waals surface area contributed by atoms with Gasteiger partial charge in [-0.25, -0.2) is 4.79 Å². The third kappa shape index (κ3) is 6.34. The van der Waals surface area contributed by atoms with Crippen LogP contribution in [0, 0.1) is 0 Å². The summed E-state index contributed by atoms with van der Waals surface area (Å²) in [6, 6.07) is -0.902. The molecule has 0 aromatic rings. The molecule has 0 aromatic heterocycles. The van der Waals surface area contributed by atoms with Crippen molar-refractivity contribution in [2.45, 2.75) is 31.6 Å². The van der Waals surface area contributed by atoms with E-state index in [0.29, 0.717) is 38.5 Å². The molecule has 2 N–H and O–H groups in total. The summed E-state index contributed by atoms with van der Waals surface area (Å²) < 4.78 is 5.20. The fourth-order valence-electron chi connectivity index (χ4n) is 1.98. The first kappa shape index (κ1) is 17.8. The van der Waals surface area contributed by atoms with Crippen molar-refractivity contribution in [1.82, 2.24) is 10.2 Å².